The monoisotopic (exact) mass is 360 g/mol. The molecule has 3 nitrogen and oxygen atoms in total. The molecule has 0 aliphatic rings. The van der Waals surface area contributed by atoms with Crippen molar-refractivity contribution in [3.05, 3.63) is 70.0 Å². The summed E-state index contributed by atoms with van der Waals surface area (Å²) in [5, 5.41) is 12.3. The third-order valence-electron chi connectivity index (χ3n) is 4.02. The van der Waals surface area contributed by atoms with Crippen molar-refractivity contribution in [2.24, 2.45) is 0 Å². The number of nitriles is 1. The van der Waals surface area contributed by atoms with E-state index in [0.717, 1.165) is 34.0 Å². The Kier molecular flexibility index (Phi) is 5.83. The minimum Gasteiger partial charge on any atom is -0.494 e. The zero-order valence-electron chi connectivity index (χ0n) is 14.9. The van der Waals surface area contributed by atoms with Gasteiger partial charge >= 0.3 is 0 Å². The van der Waals surface area contributed by atoms with E-state index in [1.165, 1.54) is 16.9 Å². The van der Waals surface area contributed by atoms with Gasteiger partial charge in [0.05, 0.1) is 17.9 Å². The molecule has 1 aromatic heterocycles. The van der Waals surface area contributed by atoms with E-state index >= 15 is 0 Å². The van der Waals surface area contributed by atoms with Crippen molar-refractivity contribution in [2.45, 2.75) is 20.3 Å². The molecule has 2 aromatic carbocycles. The quantitative estimate of drug-likeness (QED) is 0.519. The van der Waals surface area contributed by atoms with Crippen LogP contribution >= 0.6 is 11.3 Å². The summed E-state index contributed by atoms with van der Waals surface area (Å²) in [5.41, 5.74) is 4.76. The lowest BCUT2D eigenvalue weighted by atomic mass is 10.1. The number of aryl methyl sites for hydroxylation is 1. The van der Waals surface area contributed by atoms with Gasteiger partial charge in [-0.2, -0.15) is 5.26 Å². The molecule has 0 saturated heterocycles. The fraction of sp³-hybridized carbons (Fsp3) is 0.182. The van der Waals surface area contributed by atoms with Gasteiger partial charge < -0.3 is 4.74 Å². The minimum atomic E-state index is 0.580. The molecule has 130 valence electrons. The number of ether oxygens (including phenoxy) is 1. The molecule has 0 unspecified atom stereocenters. The molecule has 26 heavy (non-hydrogen) atoms. The predicted octanol–water partition coefficient (Wildman–Crippen LogP) is 5.84. The van der Waals surface area contributed by atoms with Crippen molar-refractivity contribution in [3.63, 3.8) is 0 Å². The highest BCUT2D eigenvalue weighted by Gasteiger charge is 2.09. The maximum Gasteiger partial charge on any atom is 0.134 e. The van der Waals surface area contributed by atoms with Gasteiger partial charge in [-0.25, -0.2) is 4.98 Å². The van der Waals surface area contributed by atoms with E-state index in [0.29, 0.717) is 12.2 Å². The highest BCUT2D eigenvalue weighted by atomic mass is 32.1. The van der Waals surface area contributed by atoms with Crippen LogP contribution in [0, 0.1) is 11.3 Å². The van der Waals surface area contributed by atoms with Gasteiger partial charge in [-0.1, -0.05) is 31.2 Å². The van der Waals surface area contributed by atoms with Gasteiger partial charge in [0.2, 0.25) is 0 Å². The highest BCUT2D eigenvalue weighted by Crippen LogP contribution is 2.28. The first-order chi connectivity index (χ1) is 12.7. The number of thiazole rings is 1. The SMILES string of the molecule is CCOc1ccc(-c2csc(/C(C#N)=C/c3ccc(CC)cc3)n2)cc1. The number of hydrogen-bond donors (Lipinski definition) is 0. The first kappa shape index (κ1) is 17.9. The van der Waals surface area contributed by atoms with Crippen LogP contribution < -0.4 is 4.74 Å². The molecule has 0 N–H and O–H groups in total. The van der Waals surface area contributed by atoms with Gasteiger partial charge in [0.25, 0.3) is 0 Å². The van der Waals surface area contributed by atoms with Gasteiger partial charge in [-0.05, 0) is 54.8 Å². The Morgan fingerprint density at radius 3 is 2.46 bits per heavy atom. The fourth-order valence-electron chi connectivity index (χ4n) is 2.58. The second-order valence-electron chi connectivity index (χ2n) is 5.76. The Labute approximate surface area is 158 Å². The topological polar surface area (TPSA) is 45.9 Å². The lowest BCUT2D eigenvalue weighted by molar-refractivity contribution is 0.340. The van der Waals surface area contributed by atoms with Crippen LogP contribution in [0.3, 0.4) is 0 Å². The molecule has 0 spiro atoms. The minimum absolute atomic E-state index is 0.580. The van der Waals surface area contributed by atoms with Crippen molar-refractivity contribution in [1.82, 2.24) is 4.98 Å². The first-order valence-corrected chi connectivity index (χ1v) is 9.51. The Hall–Kier alpha value is -2.90. The molecule has 4 heteroatoms. The van der Waals surface area contributed by atoms with Gasteiger partial charge in [-0.15, -0.1) is 11.3 Å². The van der Waals surface area contributed by atoms with Crippen molar-refractivity contribution in [3.8, 4) is 23.1 Å². The third-order valence-corrected chi connectivity index (χ3v) is 4.89. The van der Waals surface area contributed by atoms with Gasteiger partial charge in [0.1, 0.15) is 16.8 Å². The number of aromatic nitrogens is 1. The molecular formula is C22H20N2OS. The molecule has 0 radical (unpaired) electrons. The summed E-state index contributed by atoms with van der Waals surface area (Å²) in [6, 6.07) is 18.4. The van der Waals surface area contributed by atoms with Crippen molar-refractivity contribution < 1.29 is 4.74 Å². The summed E-state index contributed by atoms with van der Waals surface area (Å²) in [5.74, 6) is 0.847. The summed E-state index contributed by atoms with van der Waals surface area (Å²) in [6.07, 6.45) is 2.90. The number of rotatable bonds is 6. The van der Waals surface area contributed by atoms with Gasteiger partial charge in [0, 0.05) is 10.9 Å². The summed E-state index contributed by atoms with van der Waals surface area (Å²) in [6.45, 7) is 4.74. The van der Waals surface area contributed by atoms with Crippen molar-refractivity contribution >= 4 is 23.0 Å². The van der Waals surface area contributed by atoms with E-state index in [2.05, 4.69) is 30.1 Å². The first-order valence-electron chi connectivity index (χ1n) is 8.63. The molecule has 0 saturated carbocycles. The molecule has 3 rings (SSSR count). The number of benzene rings is 2. The van der Waals surface area contributed by atoms with E-state index in [1.807, 2.05) is 54.8 Å². The molecule has 0 atom stereocenters. The normalized spacial score (nSPS) is 11.2. The van der Waals surface area contributed by atoms with Gasteiger partial charge in [0.15, 0.2) is 0 Å². The fourth-order valence-corrected chi connectivity index (χ4v) is 3.37. The standard InChI is InChI=1S/C22H20N2OS/c1-3-16-5-7-17(8-6-16)13-19(14-23)22-24-21(15-26-22)18-9-11-20(12-10-18)25-4-2/h5-13,15H,3-4H2,1-2H3/b19-13+. The zero-order chi connectivity index (χ0) is 18.4. The van der Waals surface area contributed by atoms with Crippen molar-refractivity contribution in [2.75, 3.05) is 6.61 Å². The van der Waals surface area contributed by atoms with Crippen LogP contribution in [0.1, 0.15) is 30.0 Å². The van der Waals surface area contributed by atoms with Crippen LogP contribution in [0.2, 0.25) is 0 Å². The Morgan fingerprint density at radius 1 is 1.12 bits per heavy atom. The summed E-state index contributed by atoms with van der Waals surface area (Å²) in [4.78, 5) is 4.64. The molecule has 0 aliphatic carbocycles. The predicted molar refractivity (Wildman–Crippen MR) is 108 cm³/mol. The smallest absolute Gasteiger partial charge is 0.134 e. The largest absolute Gasteiger partial charge is 0.494 e. The molecular weight excluding hydrogens is 340 g/mol. The van der Waals surface area contributed by atoms with Crippen LogP contribution in [0.25, 0.3) is 22.9 Å². The molecule has 3 aromatic rings. The van der Waals surface area contributed by atoms with E-state index in [-0.39, 0.29) is 0 Å². The maximum absolute atomic E-state index is 9.55. The summed E-state index contributed by atoms with van der Waals surface area (Å²) < 4.78 is 5.47. The summed E-state index contributed by atoms with van der Waals surface area (Å²) >= 11 is 1.49. The Bertz CT molecular complexity index is 932. The highest BCUT2D eigenvalue weighted by molar-refractivity contribution is 7.11. The number of hydrogen-bond acceptors (Lipinski definition) is 4. The van der Waals surface area contributed by atoms with E-state index < -0.39 is 0 Å². The molecule has 0 fully saturated rings. The van der Waals surface area contributed by atoms with Crippen molar-refractivity contribution in [1.29, 1.82) is 5.26 Å². The second-order valence-corrected chi connectivity index (χ2v) is 6.62. The molecule has 0 amide bonds. The van der Waals surface area contributed by atoms with Crippen LogP contribution in [-0.4, -0.2) is 11.6 Å². The van der Waals surface area contributed by atoms with Crippen LogP contribution in [-0.2, 0) is 6.42 Å². The zero-order valence-corrected chi connectivity index (χ0v) is 15.7. The number of nitrogens with zero attached hydrogens (tertiary/aromatic N) is 2. The lowest BCUT2D eigenvalue weighted by Crippen LogP contribution is -1.90. The molecule has 1 heterocycles. The third kappa shape index (κ3) is 4.19. The van der Waals surface area contributed by atoms with E-state index in [1.54, 1.807) is 0 Å². The average molecular weight is 360 g/mol. The number of allylic oxidation sites excluding steroid dienone is 1. The second kappa shape index (κ2) is 8.46. The van der Waals surface area contributed by atoms with Crippen LogP contribution in [0.4, 0.5) is 0 Å². The van der Waals surface area contributed by atoms with Crippen LogP contribution in [0.5, 0.6) is 5.75 Å². The molecule has 0 aliphatic heterocycles. The summed E-state index contributed by atoms with van der Waals surface area (Å²) in [7, 11) is 0. The Morgan fingerprint density at radius 2 is 1.85 bits per heavy atom. The van der Waals surface area contributed by atoms with Gasteiger partial charge in [-0.3, -0.25) is 0 Å². The van der Waals surface area contributed by atoms with E-state index in [4.69, 9.17) is 4.74 Å². The van der Waals surface area contributed by atoms with Crippen LogP contribution in [0.15, 0.2) is 53.9 Å². The van der Waals surface area contributed by atoms with E-state index in [9.17, 15) is 5.26 Å². The lowest BCUT2D eigenvalue weighted by Gasteiger charge is -2.03. The maximum atomic E-state index is 9.55. The molecule has 0 bridgehead atoms. The Balaban J connectivity index is 1.84. The average Bonchev–Trinajstić information content (AvgIpc) is 3.17.